The molecule has 7 heteroatoms. The topological polar surface area (TPSA) is 72.9 Å². The molecule has 0 aliphatic carbocycles. The molecule has 2 aliphatic rings. The van der Waals surface area contributed by atoms with Gasteiger partial charge in [0.25, 0.3) is 5.91 Å². The smallest absolute Gasteiger partial charge is 0.322 e. The highest BCUT2D eigenvalue weighted by atomic mass is 35.5. The Hall–Kier alpha value is -2.99. The number of hydrogen-bond donors (Lipinski definition) is 2. The maximum absolute atomic E-state index is 13.1. The van der Waals surface area contributed by atoms with Crippen molar-refractivity contribution in [2.24, 2.45) is 0 Å². The maximum Gasteiger partial charge on any atom is 0.322 e. The van der Waals surface area contributed by atoms with Gasteiger partial charge in [-0.05, 0) is 29.8 Å². The molecule has 2 aliphatic heterocycles. The van der Waals surface area contributed by atoms with E-state index in [4.69, 9.17) is 11.6 Å². The van der Waals surface area contributed by atoms with E-state index in [1.165, 1.54) is 15.9 Å². The lowest BCUT2D eigenvalue weighted by atomic mass is 9.96. The number of carbonyl (C=O) groups excluding carboxylic acids is 2. The highest BCUT2D eigenvalue weighted by Gasteiger charge is 2.43. The Labute approximate surface area is 155 Å². The first kappa shape index (κ1) is 16.5. The molecule has 2 N–H and O–H groups in total. The van der Waals surface area contributed by atoms with Crippen molar-refractivity contribution in [2.45, 2.75) is 6.04 Å². The van der Waals surface area contributed by atoms with Crippen molar-refractivity contribution in [1.82, 2.24) is 10.2 Å². The lowest BCUT2D eigenvalue weighted by molar-refractivity contribution is -0.114. The summed E-state index contributed by atoms with van der Waals surface area (Å²) in [5.74, 6) is -0.223. The van der Waals surface area contributed by atoms with Crippen LogP contribution in [0.3, 0.4) is 0 Å². The molecule has 2 heterocycles. The molecule has 0 spiro atoms. The number of anilines is 1. The number of carbonyl (C=O) groups is 2. The molecule has 26 heavy (non-hydrogen) atoms. The number of likely N-dealkylation sites (N-methyl/N-ethyl adjacent to an activating group) is 1. The SMILES string of the molecule is CN1C(=O)NC(c2ccc(Cl)cc2)C2=C1CN(c1ccccc1O)C2=O. The van der Waals surface area contributed by atoms with Crippen molar-refractivity contribution in [2.75, 3.05) is 18.5 Å². The van der Waals surface area contributed by atoms with Crippen molar-refractivity contribution in [1.29, 1.82) is 0 Å². The molecule has 1 atom stereocenters. The fraction of sp³-hybridized carbons (Fsp3) is 0.158. The second-order valence-electron chi connectivity index (χ2n) is 6.23. The van der Waals surface area contributed by atoms with Gasteiger partial charge in [-0.15, -0.1) is 0 Å². The van der Waals surface area contributed by atoms with Gasteiger partial charge in [0.05, 0.1) is 29.5 Å². The van der Waals surface area contributed by atoms with Crippen LogP contribution < -0.4 is 10.2 Å². The fourth-order valence-corrected chi connectivity index (χ4v) is 3.49. The van der Waals surface area contributed by atoms with Crippen LogP contribution in [0, 0.1) is 0 Å². The van der Waals surface area contributed by atoms with E-state index in [-0.39, 0.29) is 24.2 Å². The number of urea groups is 1. The lowest BCUT2D eigenvalue weighted by Gasteiger charge is -2.31. The van der Waals surface area contributed by atoms with Crippen LogP contribution in [0.1, 0.15) is 11.6 Å². The third-order valence-electron chi connectivity index (χ3n) is 4.74. The van der Waals surface area contributed by atoms with Crippen molar-refractivity contribution in [3.63, 3.8) is 0 Å². The van der Waals surface area contributed by atoms with Gasteiger partial charge in [0.1, 0.15) is 5.75 Å². The standard InChI is InChI=1S/C19H16ClN3O3/c1-22-14-10-23(13-4-2-3-5-15(13)24)18(25)16(14)17(21-19(22)26)11-6-8-12(20)9-7-11/h2-9,17,24H,10H2,1H3,(H,21,26). The minimum absolute atomic E-state index is 0.0191. The van der Waals surface area contributed by atoms with Crippen LogP contribution >= 0.6 is 11.6 Å². The predicted molar refractivity (Wildman–Crippen MR) is 98.0 cm³/mol. The highest BCUT2D eigenvalue weighted by Crippen LogP contribution is 2.39. The van der Waals surface area contributed by atoms with Crippen LogP contribution in [0.4, 0.5) is 10.5 Å². The third kappa shape index (κ3) is 2.50. The Balaban J connectivity index is 1.78. The lowest BCUT2D eigenvalue weighted by Crippen LogP contribution is -2.45. The zero-order valence-electron chi connectivity index (χ0n) is 13.9. The van der Waals surface area contributed by atoms with Crippen LogP contribution in [0.25, 0.3) is 0 Å². The van der Waals surface area contributed by atoms with E-state index in [2.05, 4.69) is 5.32 Å². The van der Waals surface area contributed by atoms with E-state index in [0.29, 0.717) is 22.0 Å². The van der Waals surface area contributed by atoms with Gasteiger partial charge in [-0.1, -0.05) is 35.9 Å². The first-order valence-corrected chi connectivity index (χ1v) is 8.47. The molecule has 0 saturated heterocycles. The monoisotopic (exact) mass is 369 g/mol. The predicted octanol–water partition coefficient (Wildman–Crippen LogP) is 3.04. The van der Waals surface area contributed by atoms with Crippen LogP contribution in [0.5, 0.6) is 5.75 Å². The number of hydrogen-bond acceptors (Lipinski definition) is 3. The van der Waals surface area contributed by atoms with Crippen molar-refractivity contribution >= 4 is 29.2 Å². The largest absolute Gasteiger partial charge is 0.506 e. The van der Waals surface area contributed by atoms with E-state index in [1.807, 2.05) is 0 Å². The van der Waals surface area contributed by atoms with Crippen molar-refractivity contribution < 1.29 is 14.7 Å². The Morgan fingerprint density at radius 3 is 2.50 bits per heavy atom. The quantitative estimate of drug-likeness (QED) is 0.854. The minimum atomic E-state index is -0.561. The first-order valence-electron chi connectivity index (χ1n) is 8.10. The molecule has 6 nitrogen and oxygen atoms in total. The zero-order chi connectivity index (χ0) is 18.4. The van der Waals surface area contributed by atoms with E-state index in [0.717, 1.165) is 5.56 Å². The van der Waals surface area contributed by atoms with Gasteiger partial charge in [-0.3, -0.25) is 14.6 Å². The number of rotatable bonds is 2. The average Bonchev–Trinajstić information content (AvgIpc) is 2.97. The molecule has 2 aromatic rings. The summed E-state index contributed by atoms with van der Waals surface area (Å²) in [5.41, 5.74) is 2.32. The zero-order valence-corrected chi connectivity index (χ0v) is 14.7. The van der Waals surface area contributed by atoms with Gasteiger partial charge >= 0.3 is 6.03 Å². The summed E-state index contributed by atoms with van der Waals surface area (Å²) >= 11 is 5.95. The third-order valence-corrected chi connectivity index (χ3v) is 4.99. The Bertz CT molecular complexity index is 939. The normalized spacial score (nSPS) is 19.7. The summed E-state index contributed by atoms with van der Waals surface area (Å²) in [6, 6.07) is 12.8. The number of benzene rings is 2. The number of para-hydroxylation sites is 2. The van der Waals surface area contributed by atoms with Gasteiger partial charge in [0.15, 0.2) is 0 Å². The Morgan fingerprint density at radius 2 is 1.81 bits per heavy atom. The molecule has 0 fully saturated rings. The molecule has 1 unspecified atom stereocenters. The molecule has 3 amide bonds. The van der Waals surface area contributed by atoms with E-state index in [1.54, 1.807) is 49.5 Å². The molecule has 0 bridgehead atoms. The van der Waals surface area contributed by atoms with Gasteiger partial charge in [0.2, 0.25) is 0 Å². The molecule has 0 radical (unpaired) electrons. The minimum Gasteiger partial charge on any atom is -0.506 e. The number of phenols is 1. The van der Waals surface area contributed by atoms with Crippen LogP contribution in [-0.2, 0) is 4.79 Å². The maximum atomic E-state index is 13.1. The van der Waals surface area contributed by atoms with E-state index in [9.17, 15) is 14.7 Å². The van der Waals surface area contributed by atoms with Gasteiger partial charge < -0.3 is 10.4 Å². The summed E-state index contributed by atoms with van der Waals surface area (Å²) in [7, 11) is 1.63. The second-order valence-corrected chi connectivity index (χ2v) is 6.67. The van der Waals surface area contributed by atoms with Crippen molar-refractivity contribution in [3.05, 3.63) is 70.4 Å². The molecule has 2 aromatic carbocycles. The van der Waals surface area contributed by atoms with Crippen molar-refractivity contribution in [3.8, 4) is 5.75 Å². The molecular weight excluding hydrogens is 354 g/mol. The molecule has 4 rings (SSSR count). The average molecular weight is 370 g/mol. The molecule has 0 aromatic heterocycles. The van der Waals surface area contributed by atoms with Crippen LogP contribution in [0.2, 0.25) is 5.02 Å². The van der Waals surface area contributed by atoms with E-state index >= 15 is 0 Å². The van der Waals surface area contributed by atoms with Gasteiger partial charge in [-0.25, -0.2) is 4.79 Å². The van der Waals surface area contributed by atoms with Gasteiger partial charge in [-0.2, -0.15) is 0 Å². The number of halogens is 1. The van der Waals surface area contributed by atoms with E-state index < -0.39 is 6.04 Å². The fourth-order valence-electron chi connectivity index (χ4n) is 3.36. The first-order chi connectivity index (χ1) is 12.5. The summed E-state index contributed by atoms with van der Waals surface area (Å²) in [4.78, 5) is 28.5. The number of amides is 3. The molecule has 132 valence electrons. The summed E-state index contributed by atoms with van der Waals surface area (Å²) in [5, 5.41) is 13.6. The summed E-state index contributed by atoms with van der Waals surface area (Å²) in [6.45, 7) is 0.222. The Kier molecular flexibility index (Phi) is 3.85. The number of aromatic hydroxyl groups is 1. The summed E-state index contributed by atoms with van der Waals surface area (Å²) in [6.07, 6.45) is 0. The number of phenolic OH excluding ortho intramolecular Hbond substituents is 1. The molecular formula is C19H16ClN3O3. The van der Waals surface area contributed by atoms with Gasteiger partial charge in [0, 0.05) is 12.1 Å². The van der Waals surface area contributed by atoms with Crippen LogP contribution in [-0.4, -0.2) is 35.5 Å². The highest BCUT2D eigenvalue weighted by molar-refractivity contribution is 6.30. The Morgan fingerprint density at radius 1 is 1.12 bits per heavy atom. The number of nitrogens with zero attached hydrogens (tertiary/aromatic N) is 2. The summed E-state index contributed by atoms with van der Waals surface area (Å²) < 4.78 is 0. The number of nitrogens with one attached hydrogen (secondary N) is 1. The second kappa shape index (κ2) is 6.07. The molecule has 0 saturated carbocycles. The van der Waals surface area contributed by atoms with Crippen LogP contribution in [0.15, 0.2) is 59.8 Å².